The number of nitrogens with two attached hydrogens (primary N) is 1. The van der Waals surface area contributed by atoms with Gasteiger partial charge in [-0.15, -0.1) is 0 Å². The Hall–Kier alpha value is -2.30. The number of benzene rings is 2. The van der Waals surface area contributed by atoms with E-state index in [0.717, 1.165) is 42.5 Å². The maximum atomic E-state index is 11.8. The fourth-order valence-corrected chi connectivity index (χ4v) is 7.24. The van der Waals surface area contributed by atoms with Gasteiger partial charge in [0, 0.05) is 61.2 Å². The average Bonchev–Trinajstić information content (AvgIpc) is 3.06. The molecule has 0 radical (unpaired) electrons. The number of carbonyl (C=O) groups is 2. The normalized spacial score (nSPS) is 11.3. The van der Waals surface area contributed by atoms with E-state index in [1.165, 1.54) is 6.08 Å². The van der Waals surface area contributed by atoms with Crippen LogP contribution in [0.25, 0.3) is 12.2 Å². The molecule has 248 valence electrons. The van der Waals surface area contributed by atoms with Crippen molar-refractivity contribution in [1.29, 1.82) is 0 Å². The van der Waals surface area contributed by atoms with Crippen molar-refractivity contribution in [2.45, 2.75) is 45.2 Å². The van der Waals surface area contributed by atoms with Crippen LogP contribution in [0.2, 0.25) is 12.1 Å². The molecule has 0 bridgehead atoms. The Morgan fingerprint density at radius 1 is 0.659 bits per heavy atom. The summed E-state index contributed by atoms with van der Waals surface area (Å²) in [4.78, 5) is 22.1. The van der Waals surface area contributed by atoms with Crippen molar-refractivity contribution in [2.24, 2.45) is 5.73 Å². The minimum Gasteiger partial charge on any atom is -0.377 e. The lowest BCUT2D eigenvalue weighted by Gasteiger charge is -2.24. The summed E-state index contributed by atoms with van der Waals surface area (Å²) in [5.74, 6) is 0.137. The number of hydrogen-bond donors (Lipinski definition) is 1. The zero-order valence-electron chi connectivity index (χ0n) is 26.3. The SMILES string of the molecule is C.CO[Si](CCCCC(=O)/C=C/c1ccccc1)(OC)OC.CO[Si](CCCN)(OC)OC.O=C(Cl)/C=C/c1ccccc1. The maximum absolute atomic E-state index is 11.8. The zero-order chi connectivity index (χ0) is 32.4. The topological polar surface area (TPSA) is 116 Å². The minimum absolute atomic E-state index is 0. The highest BCUT2D eigenvalue weighted by molar-refractivity contribution is 6.66. The molecule has 0 heterocycles. The molecule has 0 fully saturated rings. The van der Waals surface area contributed by atoms with E-state index in [-0.39, 0.29) is 13.2 Å². The van der Waals surface area contributed by atoms with E-state index in [0.29, 0.717) is 13.0 Å². The van der Waals surface area contributed by atoms with Gasteiger partial charge < -0.3 is 32.3 Å². The van der Waals surface area contributed by atoms with Crippen LogP contribution in [-0.4, -0.2) is 77.8 Å². The molecule has 0 spiro atoms. The first-order valence-corrected chi connectivity index (χ1v) is 18.1. The van der Waals surface area contributed by atoms with Gasteiger partial charge >= 0.3 is 17.6 Å². The zero-order valence-corrected chi connectivity index (χ0v) is 29.0. The van der Waals surface area contributed by atoms with Crippen molar-refractivity contribution < 1.29 is 36.1 Å². The van der Waals surface area contributed by atoms with E-state index < -0.39 is 22.9 Å². The Labute approximate surface area is 272 Å². The van der Waals surface area contributed by atoms with E-state index >= 15 is 0 Å². The maximum Gasteiger partial charge on any atom is 0.500 e. The van der Waals surface area contributed by atoms with Crippen LogP contribution in [0.3, 0.4) is 0 Å². The first-order chi connectivity index (χ1) is 20.7. The Kier molecular flexibility index (Phi) is 26.9. The molecule has 0 amide bonds. The van der Waals surface area contributed by atoms with Crippen molar-refractivity contribution in [3.05, 3.63) is 83.9 Å². The van der Waals surface area contributed by atoms with E-state index in [2.05, 4.69) is 0 Å². The second-order valence-corrected chi connectivity index (χ2v) is 15.5. The third kappa shape index (κ3) is 19.9. The van der Waals surface area contributed by atoms with Gasteiger partial charge in [0.25, 0.3) is 0 Å². The van der Waals surface area contributed by atoms with Crippen molar-refractivity contribution in [3.63, 3.8) is 0 Å². The Morgan fingerprint density at radius 3 is 1.41 bits per heavy atom. The summed E-state index contributed by atoms with van der Waals surface area (Å²) < 4.78 is 31.6. The minimum atomic E-state index is -2.49. The van der Waals surface area contributed by atoms with Crippen molar-refractivity contribution >= 4 is 52.4 Å². The first-order valence-electron chi connectivity index (χ1n) is 13.9. The van der Waals surface area contributed by atoms with Crippen LogP contribution < -0.4 is 5.73 Å². The molecule has 0 aliphatic carbocycles. The number of ketones is 1. The molecule has 2 rings (SSSR count). The van der Waals surface area contributed by atoms with Gasteiger partial charge in [0.15, 0.2) is 5.78 Å². The summed E-state index contributed by atoms with van der Waals surface area (Å²) >= 11 is 5.10. The molecule has 0 saturated carbocycles. The smallest absolute Gasteiger partial charge is 0.377 e. The summed E-state index contributed by atoms with van der Waals surface area (Å²) in [5, 5.41) is -0.450. The number of hydrogen-bond acceptors (Lipinski definition) is 9. The highest BCUT2D eigenvalue weighted by atomic mass is 35.5. The molecule has 12 heteroatoms. The van der Waals surface area contributed by atoms with Crippen LogP contribution in [0.5, 0.6) is 0 Å². The standard InChI is InChI=1S/C16H24O4Si.C9H7ClO.C6H17NO3Si.CH4/c1-18-21(19-2,20-3)14-8-7-11-16(17)13-12-15-9-5-4-6-10-15;10-9(11)7-6-8-4-2-1-3-5-8;1-8-11(9-2,10-3)6-4-5-7;/h4-6,9-10,12-13H,7-8,11,14H2,1-3H3;1-7H;4-7H2,1-3H3;1H4/b13-12+;7-6+;;. The van der Waals surface area contributed by atoms with Crippen LogP contribution in [0, 0.1) is 0 Å². The number of unbranched alkanes of at least 4 members (excludes halogenated alkanes) is 1. The van der Waals surface area contributed by atoms with Gasteiger partial charge in [0.1, 0.15) is 0 Å². The highest BCUT2D eigenvalue weighted by Crippen LogP contribution is 2.17. The molecule has 0 unspecified atom stereocenters. The van der Waals surface area contributed by atoms with E-state index in [1.54, 1.807) is 54.8 Å². The third-order valence-electron chi connectivity index (χ3n) is 6.18. The number of rotatable bonds is 18. The molecular formula is C32H52ClNO8Si2. The summed E-state index contributed by atoms with van der Waals surface area (Å²) in [6.07, 6.45) is 9.57. The van der Waals surface area contributed by atoms with Gasteiger partial charge in [-0.3, -0.25) is 9.59 Å². The summed E-state index contributed by atoms with van der Waals surface area (Å²) in [6, 6.07) is 20.8. The number of carbonyl (C=O) groups excluding carboxylic acids is 2. The predicted octanol–water partition coefficient (Wildman–Crippen LogP) is 6.63. The molecule has 2 N–H and O–H groups in total. The Morgan fingerprint density at radius 2 is 1.05 bits per heavy atom. The average molecular weight is 670 g/mol. The molecular weight excluding hydrogens is 618 g/mol. The lowest BCUT2D eigenvalue weighted by molar-refractivity contribution is -0.114. The quantitative estimate of drug-likeness (QED) is 0.0808. The van der Waals surface area contributed by atoms with Crippen molar-refractivity contribution in [2.75, 3.05) is 49.2 Å². The Balaban J connectivity index is 0. The van der Waals surface area contributed by atoms with Gasteiger partial charge in [-0.1, -0.05) is 80.2 Å². The predicted molar refractivity (Wildman–Crippen MR) is 184 cm³/mol. The molecule has 0 aliphatic heterocycles. The van der Waals surface area contributed by atoms with Crippen LogP contribution in [0.4, 0.5) is 0 Å². The first kappa shape index (κ1) is 43.8. The third-order valence-corrected chi connectivity index (χ3v) is 12.0. The van der Waals surface area contributed by atoms with E-state index in [1.807, 2.05) is 66.7 Å². The van der Waals surface area contributed by atoms with Crippen LogP contribution in [0.15, 0.2) is 72.8 Å². The fourth-order valence-electron chi connectivity index (χ4n) is 3.63. The second-order valence-electron chi connectivity index (χ2n) is 8.95. The summed E-state index contributed by atoms with van der Waals surface area (Å²) in [7, 11) is 4.82. The van der Waals surface area contributed by atoms with E-state index in [9.17, 15) is 9.59 Å². The van der Waals surface area contributed by atoms with Crippen LogP contribution in [-0.2, 0) is 36.1 Å². The molecule has 44 heavy (non-hydrogen) atoms. The lowest BCUT2D eigenvalue weighted by Crippen LogP contribution is -2.42. The van der Waals surface area contributed by atoms with Crippen LogP contribution >= 0.6 is 11.6 Å². The van der Waals surface area contributed by atoms with Gasteiger partial charge in [0.2, 0.25) is 5.24 Å². The summed E-state index contributed by atoms with van der Waals surface area (Å²) in [6.45, 7) is 0.644. The lowest BCUT2D eigenvalue weighted by atomic mass is 10.1. The second kappa shape index (κ2) is 27.1. The number of halogens is 1. The Bertz CT molecular complexity index is 1030. The van der Waals surface area contributed by atoms with Crippen molar-refractivity contribution in [3.8, 4) is 0 Å². The van der Waals surface area contributed by atoms with Crippen LogP contribution in [0.1, 0.15) is 44.2 Å². The molecule has 9 nitrogen and oxygen atoms in total. The van der Waals surface area contributed by atoms with Gasteiger partial charge in [0.05, 0.1) is 0 Å². The molecule has 0 saturated heterocycles. The summed E-state index contributed by atoms with van der Waals surface area (Å²) in [5.41, 5.74) is 7.37. The van der Waals surface area contributed by atoms with Gasteiger partial charge in [-0.2, -0.15) is 0 Å². The van der Waals surface area contributed by atoms with Gasteiger partial charge in [-0.25, -0.2) is 0 Å². The largest absolute Gasteiger partial charge is 0.500 e. The fraction of sp³-hybridized carbons (Fsp3) is 0.438. The van der Waals surface area contributed by atoms with Gasteiger partial charge in [-0.05, 0) is 60.7 Å². The number of allylic oxidation sites excluding steroid dienone is 2. The van der Waals surface area contributed by atoms with Crippen molar-refractivity contribution in [1.82, 2.24) is 0 Å². The molecule has 0 aliphatic rings. The molecule has 2 aromatic rings. The van der Waals surface area contributed by atoms with E-state index in [4.69, 9.17) is 43.9 Å². The highest BCUT2D eigenvalue weighted by Gasteiger charge is 2.37. The molecule has 2 aromatic carbocycles. The molecule has 0 atom stereocenters. The monoisotopic (exact) mass is 669 g/mol. The molecule has 0 aromatic heterocycles.